The van der Waals surface area contributed by atoms with Crippen LogP contribution in [0.2, 0.25) is 5.02 Å². The Hall–Kier alpha value is -3.02. The van der Waals surface area contributed by atoms with E-state index in [0.29, 0.717) is 39.0 Å². The second kappa shape index (κ2) is 11.6. The maximum absolute atomic E-state index is 13.2. The maximum atomic E-state index is 13.2. The molecular weight excluding hydrogens is 501 g/mol. The van der Waals surface area contributed by atoms with Gasteiger partial charge in [0.1, 0.15) is 6.33 Å². The van der Waals surface area contributed by atoms with E-state index in [0.717, 1.165) is 5.57 Å². The predicted molar refractivity (Wildman–Crippen MR) is 132 cm³/mol. The number of aromatic nitrogens is 3. The SMILES string of the molecule is C=C(/C=C(\C=C/N)C1CC(C(NCC(F)(F)F)c2ccc(Cl)cc2)=C(c2ncn[nH]2)S1)NC(C)=O. The van der Waals surface area contributed by atoms with Crippen molar-refractivity contribution < 1.29 is 18.0 Å². The van der Waals surface area contributed by atoms with Gasteiger partial charge in [0.15, 0.2) is 5.82 Å². The van der Waals surface area contributed by atoms with Crippen LogP contribution < -0.4 is 16.4 Å². The Morgan fingerprint density at radius 1 is 1.40 bits per heavy atom. The number of halogens is 4. The predicted octanol–water partition coefficient (Wildman–Crippen LogP) is 4.62. The molecule has 2 heterocycles. The molecule has 2 unspecified atom stereocenters. The number of hydrogen-bond donors (Lipinski definition) is 4. The van der Waals surface area contributed by atoms with Crippen LogP contribution in [0.25, 0.3) is 4.91 Å². The molecule has 12 heteroatoms. The Morgan fingerprint density at radius 3 is 2.69 bits per heavy atom. The van der Waals surface area contributed by atoms with E-state index in [-0.39, 0.29) is 11.2 Å². The number of carbonyl (C=O) groups is 1. The molecule has 5 N–H and O–H groups in total. The summed E-state index contributed by atoms with van der Waals surface area (Å²) in [6.45, 7) is 4.02. The number of aromatic amines is 1. The first-order valence-corrected chi connectivity index (χ1v) is 11.7. The Bertz CT molecular complexity index is 1140. The number of rotatable bonds is 9. The summed E-state index contributed by atoms with van der Waals surface area (Å²) in [4.78, 5) is 16.3. The lowest BCUT2D eigenvalue weighted by Crippen LogP contribution is -2.33. The van der Waals surface area contributed by atoms with Gasteiger partial charge in [-0.3, -0.25) is 15.2 Å². The molecule has 0 radical (unpaired) electrons. The summed E-state index contributed by atoms with van der Waals surface area (Å²) < 4.78 is 39.6. The highest BCUT2D eigenvalue weighted by Gasteiger charge is 2.36. The zero-order valence-electron chi connectivity index (χ0n) is 18.7. The molecule has 1 aromatic carbocycles. The largest absolute Gasteiger partial charge is 0.405 e. The third-order valence-corrected chi connectivity index (χ3v) is 6.65. The van der Waals surface area contributed by atoms with Gasteiger partial charge in [-0.25, -0.2) is 4.98 Å². The lowest BCUT2D eigenvalue weighted by Gasteiger charge is -2.23. The standard InChI is InChI=1S/C23H24ClF3N6OS/c1-13(32-14(2)34)9-16(7-8-28)19-10-18(21(35-19)22-30-12-31-33-22)20(29-11-23(25,26)27)15-3-5-17(24)6-4-15/h3-9,12,19-20,29H,1,10-11,28H2,2H3,(H,32,34)(H,30,31,33)/b8-7-,16-9+. The van der Waals surface area contributed by atoms with E-state index in [1.54, 1.807) is 36.4 Å². The minimum atomic E-state index is -4.41. The van der Waals surface area contributed by atoms with Crippen molar-refractivity contribution in [3.05, 3.63) is 88.8 Å². The molecule has 2 aromatic rings. The quantitative estimate of drug-likeness (QED) is 0.357. The molecule has 1 aromatic heterocycles. The molecule has 7 nitrogen and oxygen atoms in total. The van der Waals surface area contributed by atoms with Crippen molar-refractivity contribution in [2.24, 2.45) is 5.73 Å². The number of nitrogens with zero attached hydrogens (tertiary/aromatic N) is 2. The van der Waals surface area contributed by atoms with Crippen LogP contribution in [0.3, 0.4) is 0 Å². The molecule has 1 aliphatic heterocycles. The molecule has 35 heavy (non-hydrogen) atoms. The van der Waals surface area contributed by atoms with Crippen LogP contribution in [0.15, 0.2) is 72.4 Å². The molecule has 0 saturated heterocycles. The lowest BCUT2D eigenvalue weighted by atomic mass is 9.92. The highest BCUT2D eigenvalue weighted by Crippen LogP contribution is 2.50. The average Bonchev–Trinajstić information content (AvgIpc) is 3.43. The van der Waals surface area contributed by atoms with Crippen LogP contribution in [-0.4, -0.2) is 39.1 Å². The van der Waals surface area contributed by atoms with Crippen molar-refractivity contribution in [1.29, 1.82) is 0 Å². The molecule has 0 saturated carbocycles. The zero-order valence-corrected chi connectivity index (χ0v) is 20.3. The van der Waals surface area contributed by atoms with Gasteiger partial charge in [0.2, 0.25) is 5.91 Å². The first-order valence-electron chi connectivity index (χ1n) is 10.4. The maximum Gasteiger partial charge on any atom is 0.401 e. The van der Waals surface area contributed by atoms with Crippen LogP contribution in [0.1, 0.15) is 30.8 Å². The van der Waals surface area contributed by atoms with Crippen LogP contribution in [0, 0.1) is 0 Å². The molecule has 0 spiro atoms. The van der Waals surface area contributed by atoms with Gasteiger partial charge in [0, 0.05) is 22.9 Å². The zero-order chi connectivity index (χ0) is 25.6. The lowest BCUT2D eigenvalue weighted by molar-refractivity contribution is -0.125. The van der Waals surface area contributed by atoms with E-state index in [1.165, 1.54) is 31.2 Å². The Kier molecular flexibility index (Phi) is 8.82. The summed E-state index contributed by atoms with van der Waals surface area (Å²) in [5, 5.41) is 12.2. The third kappa shape index (κ3) is 7.48. The van der Waals surface area contributed by atoms with Gasteiger partial charge in [0.25, 0.3) is 0 Å². The first kappa shape index (κ1) is 26.6. The topological polar surface area (TPSA) is 109 Å². The molecule has 0 aliphatic carbocycles. The molecule has 0 bridgehead atoms. The summed E-state index contributed by atoms with van der Waals surface area (Å²) >= 11 is 7.43. The molecule has 186 valence electrons. The average molecular weight is 525 g/mol. The number of H-pyrrole nitrogens is 1. The number of allylic oxidation sites excluding steroid dienone is 2. The number of alkyl halides is 3. The van der Waals surface area contributed by atoms with Crippen molar-refractivity contribution in [3.63, 3.8) is 0 Å². The Labute approximate surface area is 209 Å². The first-order chi connectivity index (χ1) is 16.6. The molecule has 0 fully saturated rings. The third-order valence-electron chi connectivity index (χ3n) is 4.98. The van der Waals surface area contributed by atoms with Crippen molar-refractivity contribution in [2.45, 2.75) is 30.8 Å². The fourth-order valence-corrected chi connectivity index (χ4v) is 5.17. The van der Waals surface area contributed by atoms with Crippen molar-refractivity contribution in [3.8, 4) is 0 Å². The van der Waals surface area contributed by atoms with E-state index in [9.17, 15) is 18.0 Å². The van der Waals surface area contributed by atoms with Gasteiger partial charge in [0.05, 0.1) is 17.5 Å². The normalized spacial score (nSPS) is 17.7. The van der Waals surface area contributed by atoms with Gasteiger partial charge in [-0.1, -0.05) is 30.3 Å². The number of hydrogen-bond acceptors (Lipinski definition) is 6. The number of nitrogens with two attached hydrogens (primary N) is 1. The smallest absolute Gasteiger partial charge is 0.401 e. The van der Waals surface area contributed by atoms with Crippen LogP contribution in [0.4, 0.5) is 13.2 Å². The monoisotopic (exact) mass is 524 g/mol. The Morgan fingerprint density at radius 2 is 2.11 bits per heavy atom. The molecule has 2 atom stereocenters. The number of nitrogens with one attached hydrogen (secondary N) is 3. The van der Waals surface area contributed by atoms with E-state index in [4.69, 9.17) is 17.3 Å². The van der Waals surface area contributed by atoms with Crippen LogP contribution in [-0.2, 0) is 4.79 Å². The molecule has 1 amide bonds. The fourth-order valence-electron chi connectivity index (χ4n) is 3.65. The van der Waals surface area contributed by atoms with Gasteiger partial charge in [-0.2, -0.15) is 18.3 Å². The summed E-state index contributed by atoms with van der Waals surface area (Å²) in [6, 6.07) is 5.87. The highest BCUT2D eigenvalue weighted by atomic mass is 35.5. The highest BCUT2D eigenvalue weighted by molar-refractivity contribution is 8.09. The minimum Gasteiger partial charge on any atom is -0.405 e. The van der Waals surface area contributed by atoms with Crippen molar-refractivity contribution >= 4 is 34.2 Å². The number of benzene rings is 1. The fraction of sp³-hybridized carbons (Fsp3) is 0.261. The number of thioether (sulfide) groups is 1. The van der Waals surface area contributed by atoms with Gasteiger partial charge in [-0.15, -0.1) is 11.8 Å². The number of amides is 1. The van der Waals surface area contributed by atoms with E-state index in [1.807, 2.05) is 0 Å². The molecular formula is C23H24ClF3N6OS. The van der Waals surface area contributed by atoms with Crippen molar-refractivity contribution in [2.75, 3.05) is 6.54 Å². The summed E-state index contributed by atoms with van der Waals surface area (Å²) in [6.07, 6.45) is 2.02. The van der Waals surface area contributed by atoms with Crippen LogP contribution >= 0.6 is 23.4 Å². The summed E-state index contributed by atoms with van der Waals surface area (Å²) in [5.41, 5.74) is 8.07. The van der Waals surface area contributed by atoms with Gasteiger partial charge in [-0.05, 0) is 53.6 Å². The van der Waals surface area contributed by atoms with Gasteiger partial charge < -0.3 is 11.1 Å². The van der Waals surface area contributed by atoms with Gasteiger partial charge >= 0.3 is 6.18 Å². The van der Waals surface area contributed by atoms with E-state index < -0.39 is 18.8 Å². The Balaban J connectivity index is 2.04. The summed E-state index contributed by atoms with van der Waals surface area (Å²) in [7, 11) is 0. The second-order valence-electron chi connectivity index (χ2n) is 7.69. The second-order valence-corrected chi connectivity index (χ2v) is 9.34. The van der Waals surface area contributed by atoms with E-state index >= 15 is 0 Å². The number of carbonyl (C=O) groups excluding carboxylic acids is 1. The summed E-state index contributed by atoms with van der Waals surface area (Å²) in [5.74, 6) is 0.166. The minimum absolute atomic E-state index is 0.238. The van der Waals surface area contributed by atoms with Crippen LogP contribution in [0.5, 0.6) is 0 Å². The molecule has 1 aliphatic rings. The molecule has 3 rings (SSSR count). The van der Waals surface area contributed by atoms with Crippen molar-refractivity contribution in [1.82, 2.24) is 25.8 Å². The van der Waals surface area contributed by atoms with E-state index in [2.05, 4.69) is 32.4 Å².